The summed E-state index contributed by atoms with van der Waals surface area (Å²) in [4.78, 5) is 19.5. The van der Waals surface area contributed by atoms with Gasteiger partial charge in [0, 0.05) is 37.6 Å². The van der Waals surface area contributed by atoms with Crippen LogP contribution in [0.15, 0.2) is 36.4 Å². The highest BCUT2D eigenvalue weighted by atomic mass is 32.1. The molecule has 4 rings (SSSR count). The third kappa shape index (κ3) is 3.88. The summed E-state index contributed by atoms with van der Waals surface area (Å²) in [5.41, 5.74) is 1.41. The maximum atomic E-state index is 12.7. The van der Waals surface area contributed by atoms with E-state index >= 15 is 0 Å². The molecule has 0 bridgehead atoms. The summed E-state index contributed by atoms with van der Waals surface area (Å²) in [5, 5.41) is 0. The van der Waals surface area contributed by atoms with Gasteiger partial charge in [0.2, 0.25) is 0 Å². The average molecular weight is 356 g/mol. The molecule has 0 radical (unpaired) electrons. The zero-order chi connectivity index (χ0) is 17.1. The van der Waals surface area contributed by atoms with Gasteiger partial charge in [0.15, 0.2) is 0 Å². The van der Waals surface area contributed by atoms with Gasteiger partial charge in [0.1, 0.15) is 12.4 Å². The lowest BCUT2D eigenvalue weighted by molar-refractivity contribution is 0.0625. The number of rotatable bonds is 5. The highest BCUT2D eigenvalue weighted by molar-refractivity contribution is 7.14. The largest absolute Gasteiger partial charge is 0.492 e. The maximum absolute atomic E-state index is 12.7. The molecule has 0 saturated carbocycles. The predicted octanol–water partition coefficient (Wildman–Crippen LogP) is 3.07. The van der Waals surface area contributed by atoms with Gasteiger partial charge < -0.3 is 9.64 Å². The first-order chi connectivity index (χ1) is 12.3. The first kappa shape index (κ1) is 16.6. The van der Waals surface area contributed by atoms with Crippen molar-refractivity contribution in [3.05, 3.63) is 51.7 Å². The van der Waals surface area contributed by atoms with E-state index in [9.17, 15) is 4.79 Å². The summed E-state index contributed by atoms with van der Waals surface area (Å²) in [7, 11) is 0. The van der Waals surface area contributed by atoms with Gasteiger partial charge in [0.05, 0.1) is 4.88 Å². The monoisotopic (exact) mass is 356 g/mol. The summed E-state index contributed by atoms with van der Waals surface area (Å²) in [6.07, 6.45) is 3.55. The lowest BCUT2D eigenvalue weighted by atomic mass is 10.2. The van der Waals surface area contributed by atoms with E-state index in [0.717, 1.165) is 56.2 Å². The number of ether oxygens (including phenoxy) is 1. The molecule has 5 heteroatoms. The number of para-hydroxylation sites is 1. The van der Waals surface area contributed by atoms with Crippen LogP contribution in [-0.4, -0.2) is 55.0 Å². The fourth-order valence-corrected chi connectivity index (χ4v) is 4.80. The smallest absolute Gasteiger partial charge is 0.264 e. The van der Waals surface area contributed by atoms with Crippen molar-refractivity contribution in [2.45, 2.75) is 19.3 Å². The Kier molecular flexibility index (Phi) is 5.04. The van der Waals surface area contributed by atoms with Gasteiger partial charge in [-0.1, -0.05) is 18.2 Å². The SMILES string of the molecule is O=C(c1cc2c(s1)CCC2)N1CCN(CCOc2ccccc2)CC1. The molecule has 1 aromatic carbocycles. The molecule has 2 heterocycles. The summed E-state index contributed by atoms with van der Waals surface area (Å²) in [5.74, 6) is 1.14. The molecule has 1 aliphatic carbocycles. The second-order valence-corrected chi connectivity index (χ2v) is 7.84. The minimum Gasteiger partial charge on any atom is -0.492 e. The molecule has 0 unspecified atom stereocenters. The van der Waals surface area contributed by atoms with Gasteiger partial charge in [-0.3, -0.25) is 9.69 Å². The molecular formula is C20H24N2O2S. The highest BCUT2D eigenvalue weighted by Crippen LogP contribution is 2.31. The van der Waals surface area contributed by atoms with Crippen molar-refractivity contribution in [1.82, 2.24) is 9.80 Å². The van der Waals surface area contributed by atoms with Crippen LogP contribution >= 0.6 is 11.3 Å². The number of carbonyl (C=O) groups is 1. The van der Waals surface area contributed by atoms with Crippen LogP contribution < -0.4 is 4.74 Å². The summed E-state index contributed by atoms with van der Waals surface area (Å²) in [6.45, 7) is 5.07. The number of amides is 1. The van der Waals surface area contributed by atoms with Gasteiger partial charge in [0.25, 0.3) is 5.91 Å². The fraction of sp³-hybridized carbons (Fsp3) is 0.450. The summed E-state index contributed by atoms with van der Waals surface area (Å²) >= 11 is 1.71. The van der Waals surface area contributed by atoms with Gasteiger partial charge in [-0.05, 0) is 43.0 Å². The van der Waals surface area contributed by atoms with Crippen molar-refractivity contribution in [2.75, 3.05) is 39.3 Å². The number of thiophene rings is 1. The average Bonchev–Trinajstić information content (AvgIpc) is 3.25. The van der Waals surface area contributed by atoms with E-state index in [4.69, 9.17) is 4.74 Å². The topological polar surface area (TPSA) is 32.8 Å². The van der Waals surface area contributed by atoms with E-state index in [1.807, 2.05) is 35.2 Å². The number of benzene rings is 1. The van der Waals surface area contributed by atoms with E-state index in [0.29, 0.717) is 6.61 Å². The Morgan fingerprint density at radius 3 is 2.64 bits per heavy atom. The minimum atomic E-state index is 0.222. The van der Waals surface area contributed by atoms with Gasteiger partial charge in [-0.25, -0.2) is 0 Å². The fourth-order valence-electron chi connectivity index (χ4n) is 3.57. The van der Waals surface area contributed by atoms with Crippen LogP contribution in [0.4, 0.5) is 0 Å². The van der Waals surface area contributed by atoms with Gasteiger partial charge in [-0.2, -0.15) is 0 Å². The Hall–Kier alpha value is -1.85. The normalized spacial score (nSPS) is 17.5. The molecule has 4 nitrogen and oxygen atoms in total. The third-order valence-corrected chi connectivity index (χ3v) is 6.26. The molecule has 2 aromatic rings. The molecule has 132 valence electrons. The molecule has 1 saturated heterocycles. The summed E-state index contributed by atoms with van der Waals surface area (Å²) in [6, 6.07) is 12.1. The number of fused-ring (bicyclic) bond motifs is 1. The van der Waals surface area contributed by atoms with E-state index in [1.54, 1.807) is 11.3 Å². The van der Waals surface area contributed by atoms with E-state index < -0.39 is 0 Å². The highest BCUT2D eigenvalue weighted by Gasteiger charge is 2.25. The van der Waals surface area contributed by atoms with E-state index in [1.165, 1.54) is 16.9 Å². The Labute approximate surface area is 153 Å². The Bertz CT molecular complexity index is 699. The molecule has 1 fully saturated rings. The van der Waals surface area contributed by atoms with Gasteiger partial charge >= 0.3 is 0 Å². The van der Waals surface area contributed by atoms with Crippen LogP contribution in [-0.2, 0) is 12.8 Å². The molecule has 1 amide bonds. The molecular weight excluding hydrogens is 332 g/mol. The number of hydrogen-bond acceptors (Lipinski definition) is 4. The first-order valence-electron chi connectivity index (χ1n) is 9.11. The van der Waals surface area contributed by atoms with E-state index in [2.05, 4.69) is 11.0 Å². The number of hydrogen-bond donors (Lipinski definition) is 0. The van der Waals surface area contributed by atoms with Crippen LogP contribution in [0, 0.1) is 0 Å². The molecule has 0 spiro atoms. The molecule has 0 N–H and O–H groups in total. The summed E-state index contributed by atoms with van der Waals surface area (Å²) < 4.78 is 5.77. The predicted molar refractivity (Wildman–Crippen MR) is 101 cm³/mol. The molecule has 25 heavy (non-hydrogen) atoms. The minimum absolute atomic E-state index is 0.222. The second-order valence-electron chi connectivity index (χ2n) is 6.71. The number of aryl methyl sites for hydroxylation is 2. The zero-order valence-corrected chi connectivity index (χ0v) is 15.3. The van der Waals surface area contributed by atoms with Crippen LogP contribution in [0.25, 0.3) is 0 Å². The lowest BCUT2D eigenvalue weighted by Gasteiger charge is -2.34. The van der Waals surface area contributed by atoms with Crippen molar-refractivity contribution in [3.8, 4) is 5.75 Å². The van der Waals surface area contributed by atoms with E-state index in [-0.39, 0.29) is 5.91 Å². The number of piperazine rings is 1. The number of nitrogens with zero attached hydrogens (tertiary/aromatic N) is 2. The first-order valence-corrected chi connectivity index (χ1v) is 9.92. The Morgan fingerprint density at radius 1 is 1.08 bits per heavy atom. The van der Waals surface area contributed by atoms with Crippen molar-refractivity contribution in [3.63, 3.8) is 0 Å². The van der Waals surface area contributed by atoms with Crippen molar-refractivity contribution in [1.29, 1.82) is 0 Å². The zero-order valence-electron chi connectivity index (χ0n) is 14.4. The number of carbonyl (C=O) groups excluding carboxylic acids is 1. The lowest BCUT2D eigenvalue weighted by Crippen LogP contribution is -2.49. The van der Waals surface area contributed by atoms with Crippen molar-refractivity contribution >= 4 is 17.2 Å². The van der Waals surface area contributed by atoms with Gasteiger partial charge in [-0.15, -0.1) is 11.3 Å². The second kappa shape index (κ2) is 7.58. The molecule has 1 aromatic heterocycles. The Balaban J connectivity index is 1.23. The molecule has 0 atom stereocenters. The molecule has 2 aliphatic rings. The quantitative estimate of drug-likeness (QED) is 0.825. The van der Waals surface area contributed by atoms with Crippen molar-refractivity contribution < 1.29 is 9.53 Å². The van der Waals surface area contributed by atoms with Crippen LogP contribution in [0.3, 0.4) is 0 Å². The van der Waals surface area contributed by atoms with Crippen molar-refractivity contribution in [2.24, 2.45) is 0 Å². The molecule has 1 aliphatic heterocycles. The van der Waals surface area contributed by atoms with Crippen LogP contribution in [0.1, 0.15) is 26.5 Å². The standard InChI is InChI=1S/C20H24N2O2S/c23-20(19-15-16-5-4-8-18(16)25-19)22-11-9-21(10-12-22)13-14-24-17-6-2-1-3-7-17/h1-3,6-7,15H,4-5,8-14H2. The maximum Gasteiger partial charge on any atom is 0.264 e. The van der Waals surface area contributed by atoms with Crippen LogP contribution in [0.2, 0.25) is 0 Å². The van der Waals surface area contributed by atoms with Crippen LogP contribution in [0.5, 0.6) is 5.75 Å². The Morgan fingerprint density at radius 2 is 1.88 bits per heavy atom. The third-order valence-electron chi connectivity index (χ3n) is 5.04.